The summed E-state index contributed by atoms with van der Waals surface area (Å²) in [4.78, 5) is 0. The second-order valence-electron chi connectivity index (χ2n) is 3.77. The van der Waals surface area contributed by atoms with Crippen molar-refractivity contribution in [2.45, 2.75) is 20.4 Å². The van der Waals surface area contributed by atoms with Gasteiger partial charge in [-0.05, 0) is 34.0 Å². The predicted molar refractivity (Wildman–Crippen MR) is 60.1 cm³/mol. The average molecular weight is 254 g/mol. The zero-order valence-corrected chi connectivity index (χ0v) is 9.82. The largest absolute Gasteiger partial charge is 0.244 e. The van der Waals surface area contributed by atoms with Gasteiger partial charge in [0.25, 0.3) is 0 Å². The topological polar surface area (TPSA) is 30.7 Å². The first kappa shape index (κ1) is 9.65. The molecular formula is C10H12BrN3. The Bertz CT molecular complexity index is 448. The van der Waals surface area contributed by atoms with Gasteiger partial charge in [-0.1, -0.05) is 25.1 Å². The van der Waals surface area contributed by atoms with Gasteiger partial charge >= 0.3 is 0 Å². The fourth-order valence-corrected chi connectivity index (χ4v) is 1.87. The molecule has 0 amide bonds. The molecule has 0 radical (unpaired) electrons. The van der Waals surface area contributed by atoms with E-state index in [1.54, 1.807) is 0 Å². The molecule has 0 saturated carbocycles. The highest BCUT2D eigenvalue weighted by atomic mass is 79.9. The Morgan fingerprint density at radius 1 is 1.43 bits per heavy atom. The minimum atomic E-state index is 0.582. The van der Waals surface area contributed by atoms with Crippen LogP contribution < -0.4 is 0 Å². The summed E-state index contributed by atoms with van der Waals surface area (Å²) < 4.78 is 2.95. The Labute approximate surface area is 91.2 Å². The summed E-state index contributed by atoms with van der Waals surface area (Å²) in [7, 11) is 0. The lowest BCUT2D eigenvalue weighted by atomic mass is 10.2. The highest BCUT2D eigenvalue weighted by Gasteiger charge is 2.07. The Kier molecular flexibility index (Phi) is 2.54. The first-order chi connectivity index (χ1) is 6.68. The molecule has 0 aliphatic rings. The van der Waals surface area contributed by atoms with E-state index >= 15 is 0 Å². The van der Waals surface area contributed by atoms with Crippen LogP contribution in [0.2, 0.25) is 0 Å². The molecule has 0 atom stereocenters. The normalized spacial score (nSPS) is 11.4. The third-order valence-corrected chi connectivity index (χ3v) is 2.67. The van der Waals surface area contributed by atoms with Crippen LogP contribution in [-0.2, 0) is 6.54 Å². The van der Waals surface area contributed by atoms with Crippen molar-refractivity contribution in [1.29, 1.82) is 0 Å². The lowest BCUT2D eigenvalue weighted by molar-refractivity contribution is 0.483. The van der Waals surface area contributed by atoms with Gasteiger partial charge in [-0.25, -0.2) is 4.68 Å². The van der Waals surface area contributed by atoms with Crippen LogP contribution >= 0.6 is 15.9 Å². The standard InChI is InChI=1S/C10H12BrN3/c1-7(2)6-14-9-5-3-4-8(11)10(9)12-13-14/h3-5,7H,6H2,1-2H3. The molecule has 0 unspecified atom stereocenters. The molecule has 2 rings (SSSR count). The number of benzene rings is 1. The van der Waals surface area contributed by atoms with E-state index in [2.05, 4.69) is 40.1 Å². The van der Waals surface area contributed by atoms with E-state index in [1.807, 2.05) is 22.9 Å². The zero-order valence-electron chi connectivity index (χ0n) is 8.24. The van der Waals surface area contributed by atoms with Gasteiger partial charge in [-0.2, -0.15) is 0 Å². The molecule has 3 nitrogen and oxygen atoms in total. The number of fused-ring (bicyclic) bond motifs is 1. The number of hydrogen-bond acceptors (Lipinski definition) is 2. The van der Waals surface area contributed by atoms with E-state index in [0.29, 0.717) is 5.92 Å². The molecule has 0 bridgehead atoms. The van der Waals surface area contributed by atoms with Crippen molar-refractivity contribution in [3.63, 3.8) is 0 Å². The molecule has 14 heavy (non-hydrogen) atoms. The van der Waals surface area contributed by atoms with Crippen molar-refractivity contribution >= 4 is 27.0 Å². The number of nitrogens with zero attached hydrogens (tertiary/aromatic N) is 3. The first-order valence-corrected chi connectivity index (χ1v) is 5.45. The molecule has 0 aliphatic heterocycles. The van der Waals surface area contributed by atoms with Crippen LogP contribution in [0.15, 0.2) is 22.7 Å². The first-order valence-electron chi connectivity index (χ1n) is 4.66. The number of hydrogen-bond donors (Lipinski definition) is 0. The maximum absolute atomic E-state index is 4.14. The van der Waals surface area contributed by atoms with Crippen LogP contribution in [0.1, 0.15) is 13.8 Å². The number of rotatable bonds is 2. The Morgan fingerprint density at radius 2 is 2.21 bits per heavy atom. The Balaban J connectivity index is 2.52. The lowest BCUT2D eigenvalue weighted by Gasteiger charge is -2.04. The summed E-state index contributed by atoms with van der Waals surface area (Å²) >= 11 is 3.46. The van der Waals surface area contributed by atoms with E-state index in [9.17, 15) is 0 Å². The molecule has 1 aromatic carbocycles. The summed E-state index contributed by atoms with van der Waals surface area (Å²) in [6.45, 7) is 5.25. The molecule has 1 aromatic heterocycles. The summed E-state index contributed by atoms with van der Waals surface area (Å²) in [5.41, 5.74) is 2.03. The molecule has 0 spiro atoms. The SMILES string of the molecule is CC(C)Cn1nnc2c(Br)cccc21. The second kappa shape index (κ2) is 3.69. The minimum absolute atomic E-state index is 0.582. The van der Waals surface area contributed by atoms with Crippen LogP contribution in [0.4, 0.5) is 0 Å². The molecule has 0 saturated heterocycles. The summed E-state index contributed by atoms with van der Waals surface area (Å²) in [5.74, 6) is 0.582. The minimum Gasteiger partial charge on any atom is -0.244 e. The van der Waals surface area contributed by atoms with E-state index in [1.165, 1.54) is 0 Å². The molecular weight excluding hydrogens is 242 g/mol. The van der Waals surface area contributed by atoms with Gasteiger partial charge in [0.1, 0.15) is 5.52 Å². The zero-order chi connectivity index (χ0) is 10.1. The number of halogens is 1. The summed E-state index contributed by atoms with van der Waals surface area (Å²) in [6, 6.07) is 6.03. The Morgan fingerprint density at radius 3 is 2.93 bits per heavy atom. The van der Waals surface area contributed by atoms with E-state index in [-0.39, 0.29) is 0 Å². The summed E-state index contributed by atoms with van der Waals surface area (Å²) in [6.07, 6.45) is 0. The van der Waals surface area contributed by atoms with E-state index in [4.69, 9.17) is 0 Å². The third kappa shape index (κ3) is 1.66. The van der Waals surface area contributed by atoms with Crippen molar-refractivity contribution in [3.05, 3.63) is 22.7 Å². The molecule has 4 heteroatoms. The fraction of sp³-hybridized carbons (Fsp3) is 0.400. The second-order valence-corrected chi connectivity index (χ2v) is 4.63. The lowest BCUT2D eigenvalue weighted by Crippen LogP contribution is -2.05. The van der Waals surface area contributed by atoms with Crippen molar-refractivity contribution < 1.29 is 0 Å². The maximum Gasteiger partial charge on any atom is 0.127 e. The van der Waals surface area contributed by atoms with E-state index < -0.39 is 0 Å². The van der Waals surface area contributed by atoms with Gasteiger partial charge in [0.15, 0.2) is 0 Å². The monoisotopic (exact) mass is 253 g/mol. The molecule has 1 heterocycles. The fourth-order valence-electron chi connectivity index (χ4n) is 1.44. The van der Waals surface area contributed by atoms with Crippen LogP contribution in [0.5, 0.6) is 0 Å². The van der Waals surface area contributed by atoms with Gasteiger partial charge in [0.05, 0.1) is 5.52 Å². The summed E-state index contributed by atoms with van der Waals surface area (Å²) in [5, 5.41) is 8.27. The van der Waals surface area contributed by atoms with Crippen molar-refractivity contribution in [1.82, 2.24) is 15.0 Å². The molecule has 2 aromatic rings. The smallest absolute Gasteiger partial charge is 0.127 e. The maximum atomic E-state index is 4.14. The van der Waals surface area contributed by atoms with Crippen LogP contribution in [0, 0.1) is 5.92 Å². The third-order valence-electron chi connectivity index (χ3n) is 2.03. The van der Waals surface area contributed by atoms with E-state index in [0.717, 1.165) is 22.1 Å². The van der Waals surface area contributed by atoms with Crippen molar-refractivity contribution in [3.8, 4) is 0 Å². The van der Waals surface area contributed by atoms with Crippen molar-refractivity contribution in [2.75, 3.05) is 0 Å². The number of aromatic nitrogens is 3. The van der Waals surface area contributed by atoms with Gasteiger partial charge in [0, 0.05) is 11.0 Å². The Hall–Kier alpha value is -0.900. The van der Waals surface area contributed by atoms with Crippen LogP contribution in [0.3, 0.4) is 0 Å². The molecule has 74 valence electrons. The molecule has 0 aliphatic carbocycles. The quantitative estimate of drug-likeness (QED) is 0.825. The highest BCUT2D eigenvalue weighted by molar-refractivity contribution is 9.10. The van der Waals surface area contributed by atoms with Crippen LogP contribution in [-0.4, -0.2) is 15.0 Å². The van der Waals surface area contributed by atoms with Crippen molar-refractivity contribution in [2.24, 2.45) is 5.92 Å². The average Bonchev–Trinajstić information content (AvgIpc) is 2.49. The van der Waals surface area contributed by atoms with Gasteiger partial charge in [-0.15, -0.1) is 5.10 Å². The van der Waals surface area contributed by atoms with Gasteiger partial charge < -0.3 is 0 Å². The highest BCUT2D eigenvalue weighted by Crippen LogP contribution is 2.21. The van der Waals surface area contributed by atoms with Gasteiger partial charge in [0.2, 0.25) is 0 Å². The van der Waals surface area contributed by atoms with Crippen LogP contribution in [0.25, 0.3) is 11.0 Å². The van der Waals surface area contributed by atoms with Gasteiger partial charge in [-0.3, -0.25) is 0 Å². The molecule has 0 N–H and O–H groups in total. The predicted octanol–water partition coefficient (Wildman–Crippen LogP) is 2.85. The molecule has 0 fully saturated rings.